The standard InChI is InChI=1S/C28H30N4O5/c1-28(2,3)20-9-7-19(8-10-20)26(33)29-21-5-4-6-22(17-21)30-27(34)24-18-23(32(35)36)11-12-25(24)31-13-15-37-16-14-31/h4-12,17-18H,13-16H2,1-3H3,(H,29,33)(H,30,34). The van der Waals surface area contributed by atoms with E-state index in [2.05, 4.69) is 31.4 Å². The van der Waals surface area contributed by atoms with E-state index in [1.54, 1.807) is 42.5 Å². The lowest BCUT2D eigenvalue weighted by atomic mass is 9.87. The monoisotopic (exact) mass is 502 g/mol. The summed E-state index contributed by atoms with van der Waals surface area (Å²) in [5, 5.41) is 17.0. The van der Waals surface area contributed by atoms with Crippen LogP contribution < -0.4 is 15.5 Å². The van der Waals surface area contributed by atoms with Crippen molar-refractivity contribution in [3.05, 3.63) is 93.5 Å². The van der Waals surface area contributed by atoms with Gasteiger partial charge in [0.25, 0.3) is 17.5 Å². The zero-order valence-electron chi connectivity index (χ0n) is 21.1. The van der Waals surface area contributed by atoms with E-state index in [4.69, 9.17) is 4.74 Å². The molecule has 0 aliphatic carbocycles. The van der Waals surface area contributed by atoms with Crippen molar-refractivity contribution in [2.24, 2.45) is 0 Å². The Balaban J connectivity index is 1.51. The van der Waals surface area contributed by atoms with E-state index in [0.29, 0.717) is 48.9 Å². The normalized spacial score (nSPS) is 13.6. The Morgan fingerprint density at radius 1 is 0.892 bits per heavy atom. The van der Waals surface area contributed by atoms with E-state index in [-0.39, 0.29) is 22.6 Å². The Hall–Kier alpha value is -4.24. The molecule has 1 fully saturated rings. The lowest BCUT2D eigenvalue weighted by molar-refractivity contribution is -0.384. The van der Waals surface area contributed by atoms with Gasteiger partial charge in [-0.25, -0.2) is 0 Å². The lowest BCUT2D eigenvalue weighted by Gasteiger charge is -2.30. The summed E-state index contributed by atoms with van der Waals surface area (Å²) in [6.07, 6.45) is 0. The van der Waals surface area contributed by atoms with Gasteiger partial charge in [0.1, 0.15) is 0 Å². The van der Waals surface area contributed by atoms with Gasteiger partial charge >= 0.3 is 0 Å². The quantitative estimate of drug-likeness (QED) is 0.352. The molecule has 9 heteroatoms. The van der Waals surface area contributed by atoms with Crippen LogP contribution in [0.25, 0.3) is 0 Å². The fourth-order valence-corrected chi connectivity index (χ4v) is 4.10. The first kappa shape index (κ1) is 25.8. The molecule has 0 unspecified atom stereocenters. The van der Waals surface area contributed by atoms with Gasteiger partial charge in [0, 0.05) is 42.2 Å². The van der Waals surface area contributed by atoms with Crippen molar-refractivity contribution in [2.75, 3.05) is 41.8 Å². The molecule has 4 rings (SSSR count). The molecular weight excluding hydrogens is 472 g/mol. The molecule has 192 valence electrons. The van der Waals surface area contributed by atoms with Gasteiger partial charge < -0.3 is 20.3 Å². The van der Waals surface area contributed by atoms with Crippen LogP contribution in [0.3, 0.4) is 0 Å². The molecule has 0 bridgehead atoms. The van der Waals surface area contributed by atoms with Gasteiger partial charge in [-0.05, 0) is 47.4 Å². The van der Waals surface area contributed by atoms with Crippen LogP contribution in [-0.2, 0) is 10.2 Å². The van der Waals surface area contributed by atoms with Crippen molar-refractivity contribution in [1.29, 1.82) is 0 Å². The van der Waals surface area contributed by atoms with E-state index in [1.165, 1.54) is 12.1 Å². The summed E-state index contributed by atoms with van der Waals surface area (Å²) in [5.41, 5.74) is 3.24. The minimum absolute atomic E-state index is 0.0115. The highest BCUT2D eigenvalue weighted by Gasteiger charge is 2.22. The Morgan fingerprint density at radius 3 is 2.11 bits per heavy atom. The summed E-state index contributed by atoms with van der Waals surface area (Å²) >= 11 is 0. The second-order valence-corrected chi connectivity index (χ2v) is 9.87. The van der Waals surface area contributed by atoms with Crippen LogP contribution in [0.5, 0.6) is 0 Å². The van der Waals surface area contributed by atoms with E-state index in [1.807, 2.05) is 17.0 Å². The first-order valence-electron chi connectivity index (χ1n) is 12.1. The number of nitro groups is 1. The Labute approximate surface area is 215 Å². The SMILES string of the molecule is CC(C)(C)c1ccc(C(=O)Nc2cccc(NC(=O)c3cc([N+](=O)[O-])ccc3N3CCOCC3)c2)cc1. The summed E-state index contributed by atoms with van der Waals surface area (Å²) < 4.78 is 5.39. The maximum Gasteiger partial charge on any atom is 0.270 e. The molecule has 9 nitrogen and oxygen atoms in total. The highest BCUT2D eigenvalue weighted by Crippen LogP contribution is 2.28. The van der Waals surface area contributed by atoms with Crippen LogP contribution in [0.1, 0.15) is 47.1 Å². The average molecular weight is 503 g/mol. The zero-order chi connectivity index (χ0) is 26.6. The van der Waals surface area contributed by atoms with Crippen LogP contribution in [0.15, 0.2) is 66.7 Å². The van der Waals surface area contributed by atoms with E-state index < -0.39 is 10.8 Å². The van der Waals surface area contributed by atoms with E-state index in [0.717, 1.165) is 5.56 Å². The molecule has 1 saturated heterocycles. The number of carbonyl (C=O) groups excluding carboxylic acids is 2. The molecule has 2 amide bonds. The smallest absolute Gasteiger partial charge is 0.270 e. The Morgan fingerprint density at radius 2 is 1.51 bits per heavy atom. The number of nitrogens with zero attached hydrogens (tertiary/aromatic N) is 2. The molecule has 0 spiro atoms. The highest BCUT2D eigenvalue weighted by molar-refractivity contribution is 6.09. The second-order valence-electron chi connectivity index (χ2n) is 9.87. The van der Waals surface area contributed by atoms with E-state index >= 15 is 0 Å². The van der Waals surface area contributed by atoms with Gasteiger partial charge in [-0.1, -0.05) is 39.0 Å². The van der Waals surface area contributed by atoms with Crippen molar-refractivity contribution in [2.45, 2.75) is 26.2 Å². The number of hydrogen-bond acceptors (Lipinski definition) is 6. The number of nitro benzene ring substituents is 1. The minimum Gasteiger partial charge on any atom is -0.378 e. The molecule has 1 aliphatic rings. The number of carbonyl (C=O) groups is 2. The van der Waals surface area contributed by atoms with Gasteiger partial charge in [0.05, 0.1) is 29.4 Å². The number of anilines is 3. The largest absolute Gasteiger partial charge is 0.378 e. The summed E-state index contributed by atoms with van der Waals surface area (Å²) in [5.74, 6) is -0.747. The fourth-order valence-electron chi connectivity index (χ4n) is 4.10. The Bertz CT molecular complexity index is 1310. The molecule has 3 aromatic rings. The molecular formula is C28H30N4O5. The van der Waals surface area contributed by atoms with Crippen molar-refractivity contribution < 1.29 is 19.2 Å². The fraction of sp³-hybridized carbons (Fsp3) is 0.286. The van der Waals surface area contributed by atoms with Gasteiger partial charge in [0.2, 0.25) is 0 Å². The summed E-state index contributed by atoms with van der Waals surface area (Å²) in [6.45, 7) is 8.52. The number of amides is 2. The summed E-state index contributed by atoms with van der Waals surface area (Å²) in [4.78, 5) is 38.8. The third-order valence-corrected chi connectivity index (χ3v) is 6.18. The maximum absolute atomic E-state index is 13.2. The van der Waals surface area contributed by atoms with Crippen molar-refractivity contribution in [3.8, 4) is 0 Å². The van der Waals surface area contributed by atoms with Gasteiger partial charge in [0.15, 0.2) is 0 Å². The summed E-state index contributed by atoms with van der Waals surface area (Å²) in [6, 6.07) is 18.5. The van der Waals surface area contributed by atoms with Crippen LogP contribution >= 0.6 is 0 Å². The predicted octanol–water partition coefficient (Wildman–Crippen LogP) is 5.23. The van der Waals surface area contributed by atoms with Crippen LogP contribution in [0.2, 0.25) is 0 Å². The molecule has 1 heterocycles. The van der Waals surface area contributed by atoms with Crippen LogP contribution in [0, 0.1) is 10.1 Å². The first-order chi connectivity index (χ1) is 17.6. The molecule has 2 N–H and O–H groups in total. The molecule has 0 aromatic heterocycles. The third-order valence-electron chi connectivity index (χ3n) is 6.18. The number of hydrogen-bond donors (Lipinski definition) is 2. The number of morpholine rings is 1. The number of nitrogens with one attached hydrogen (secondary N) is 2. The highest BCUT2D eigenvalue weighted by atomic mass is 16.6. The van der Waals surface area contributed by atoms with Crippen LogP contribution in [0.4, 0.5) is 22.7 Å². The number of benzene rings is 3. The van der Waals surface area contributed by atoms with Crippen molar-refractivity contribution in [1.82, 2.24) is 0 Å². The third kappa shape index (κ3) is 6.31. The lowest BCUT2D eigenvalue weighted by Crippen LogP contribution is -2.37. The van der Waals surface area contributed by atoms with Crippen LogP contribution in [-0.4, -0.2) is 43.0 Å². The van der Waals surface area contributed by atoms with Crippen molar-refractivity contribution >= 4 is 34.6 Å². The molecule has 3 aromatic carbocycles. The molecule has 0 atom stereocenters. The molecule has 37 heavy (non-hydrogen) atoms. The number of ether oxygens (including phenoxy) is 1. The van der Waals surface area contributed by atoms with Gasteiger partial charge in [-0.2, -0.15) is 0 Å². The van der Waals surface area contributed by atoms with Gasteiger partial charge in [-0.3, -0.25) is 19.7 Å². The molecule has 1 aliphatic heterocycles. The number of rotatable bonds is 6. The molecule has 0 radical (unpaired) electrons. The second kappa shape index (κ2) is 10.8. The summed E-state index contributed by atoms with van der Waals surface area (Å²) in [7, 11) is 0. The predicted molar refractivity (Wildman–Crippen MR) is 144 cm³/mol. The minimum atomic E-state index is -0.524. The maximum atomic E-state index is 13.2. The Kier molecular flexibility index (Phi) is 7.54. The van der Waals surface area contributed by atoms with E-state index in [9.17, 15) is 19.7 Å². The van der Waals surface area contributed by atoms with Crippen molar-refractivity contribution in [3.63, 3.8) is 0 Å². The first-order valence-corrected chi connectivity index (χ1v) is 12.1. The zero-order valence-corrected chi connectivity index (χ0v) is 21.1. The average Bonchev–Trinajstić information content (AvgIpc) is 2.88. The van der Waals surface area contributed by atoms with Gasteiger partial charge in [-0.15, -0.1) is 0 Å². The number of non-ortho nitro benzene ring substituents is 1. The molecule has 0 saturated carbocycles. The topological polar surface area (TPSA) is 114 Å².